The molecular weight excluding hydrogens is 178 g/mol. The van der Waals surface area contributed by atoms with Crippen molar-refractivity contribution in [1.29, 1.82) is 0 Å². The zero-order chi connectivity index (χ0) is 10.9. The quantitative estimate of drug-likeness (QED) is 0.637. The van der Waals surface area contributed by atoms with E-state index >= 15 is 0 Å². The highest BCUT2D eigenvalue weighted by Gasteiger charge is 2.27. The molecule has 0 fully saturated rings. The molecule has 0 aromatic carbocycles. The smallest absolute Gasteiger partial charge is 0.202 e. The van der Waals surface area contributed by atoms with Crippen molar-refractivity contribution in [3.8, 4) is 0 Å². The first-order valence-corrected chi connectivity index (χ1v) is 4.56. The fraction of sp³-hybridized carbons (Fsp3) is 0.455. The van der Waals surface area contributed by atoms with Gasteiger partial charge in [-0.1, -0.05) is 20.8 Å². The summed E-state index contributed by atoms with van der Waals surface area (Å²) in [6.45, 7) is 5.76. The summed E-state index contributed by atoms with van der Waals surface area (Å²) in [5.74, 6) is -0.210. The predicted molar refractivity (Wildman–Crippen MR) is 54.7 cm³/mol. The van der Waals surface area contributed by atoms with Crippen LogP contribution in [-0.4, -0.2) is 18.6 Å². The van der Waals surface area contributed by atoms with E-state index in [1.165, 1.54) is 12.2 Å². The summed E-state index contributed by atoms with van der Waals surface area (Å²) in [7, 11) is 1.63. The van der Waals surface area contributed by atoms with Gasteiger partial charge in [0.05, 0.1) is 5.70 Å². The Kier molecular flexibility index (Phi) is 2.60. The van der Waals surface area contributed by atoms with Crippen LogP contribution in [0, 0.1) is 5.41 Å². The lowest BCUT2D eigenvalue weighted by Gasteiger charge is -2.23. The van der Waals surface area contributed by atoms with E-state index in [0.717, 1.165) is 0 Å². The fourth-order valence-electron chi connectivity index (χ4n) is 1.34. The maximum absolute atomic E-state index is 11.6. The van der Waals surface area contributed by atoms with E-state index in [1.807, 2.05) is 20.8 Å². The van der Waals surface area contributed by atoms with Crippen LogP contribution in [-0.2, 0) is 9.59 Å². The molecule has 1 aliphatic carbocycles. The van der Waals surface area contributed by atoms with E-state index in [9.17, 15) is 9.59 Å². The van der Waals surface area contributed by atoms with Crippen molar-refractivity contribution in [2.24, 2.45) is 5.41 Å². The molecule has 3 nitrogen and oxygen atoms in total. The number of hydrogen-bond acceptors (Lipinski definition) is 3. The number of likely N-dealkylation sites (N-methyl/N-ethyl adjacent to an activating group) is 1. The van der Waals surface area contributed by atoms with Gasteiger partial charge in [-0.15, -0.1) is 0 Å². The highest BCUT2D eigenvalue weighted by atomic mass is 16.1. The Morgan fingerprint density at radius 2 is 1.64 bits per heavy atom. The van der Waals surface area contributed by atoms with Crippen LogP contribution >= 0.6 is 0 Å². The van der Waals surface area contributed by atoms with Gasteiger partial charge in [0.1, 0.15) is 0 Å². The second-order valence-corrected chi connectivity index (χ2v) is 4.34. The molecule has 14 heavy (non-hydrogen) atoms. The molecule has 0 spiro atoms. The maximum Gasteiger partial charge on any atom is 0.202 e. The van der Waals surface area contributed by atoms with Crippen LogP contribution in [0.3, 0.4) is 0 Å². The number of carbonyl (C=O) groups excluding carboxylic acids is 2. The standard InChI is InChI=1S/C11H15NO2/c1-11(2,3)7-5-10(14)8(12-4)6-9(7)13/h5-6,12H,1-4H3. The lowest BCUT2D eigenvalue weighted by molar-refractivity contribution is -0.116. The highest BCUT2D eigenvalue weighted by Crippen LogP contribution is 2.28. The van der Waals surface area contributed by atoms with Crippen LogP contribution in [0.25, 0.3) is 0 Å². The van der Waals surface area contributed by atoms with Gasteiger partial charge in [0.25, 0.3) is 0 Å². The Morgan fingerprint density at radius 3 is 2.07 bits per heavy atom. The molecule has 0 amide bonds. The predicted octanol–water partition coefficient (Wildman–Crippen LogP) is 1.21. The van der Waals surface area contributed by atoms with Crippen molar-refractivity contribution in [1.82, 2.24) is 5.32 Å². The molecule has 0 unspecified atom stereocenters. The number of carbonyl (C=O) groups is 2. The van der Waals surface area contributed by atoms with Crippen LogP contribution in [0.5, 0.6) is 0 Å². The van der Waals surface area contributed by atoms with Crippen molar-refractivity contribution in [2.75, 3.05) is 7.05 Å². The van der Waals surface area contributed by atoms with Crippen molar-refractivity contribution in [3.63, 3.8) is 0 Å². The van der Waals surface area contributed by atoms with Gasteiger partial charge >= 0.3 is 0 Å². The number of nitrogens with one attached hydrogen (secondary N) is 1. The van der Waals surface area contributed by atoms with E-state index in [1.54, 1.807) is 7.05 Å². The number of allylic oxidation sites excluding steroid dienone is 3. The highest BCUT2D eigenvalue weighted by molar-refractivity contribution is 6.20. The Balaban J connectivity index is 3.07. The molecule has 0 saturated carbocycles. The molecule has 0 aliphatic heterocycles. The van der Waals surface area contributed by atoms with Gasteiger partial charge in [-0.2, -0.15) is 0 Å². The molecule has 0 heterocycles. The third-order valence-electron chi connectivity index (χ3n) is 2.16. The summed E-state index contributed by atoms with van der Waals surface area (Å²) >= 11 is 0. The SMILES string of the molecule is CNC1=CC(=O)C(C(C)(C)C)=CC1=O. The normalized spacial score (nSPS) is 17.7. The van der Waals surface area contributed by atoms with Crippen LogP contribution in [0.2, 0.25) is 0 Å². The van der Waals surface area contributed by atoms with Crippen LogP contribution < -0.4 is 5.32 Å². The minimum atomic E-state index is -0.275. The third-order valence-corrected chi connectivity index (χ3v) is 2.16. The summed E-state index contributed by atoms with van der Waals surface area (Å²) < 4.78 is 0. The summed E-state index contributed by atoms with van der Waals surface area (Å²) in [4.78, 5) is 23.1. The zero-order valence-electron chi connectivity index (χ0n) is 8.97. The summed E-state index contributed by atoms with van der Waals surface area (Å²) in [6.07, 6.45) is 2.79. The lowest BCUT2D eigenvalue weighted by atomic mass is 9.81. The summed E-state index contributed by atoms with van der Waals surface area (Å²) in [6, 6.07) is 0. The topological polar surface area (TPSA) is 46.2 Å². The largest absolute Gasteiger partial charge is 0.385 e. The average Bonchev–Trinajstić information content (AvgIpc) is 2.06. The van der Waals surface area contributed by atoms with Gasteiger partial charge in [0.15, 0.2) is 5.78 Å². The Hall–Kier alpha value is -1.38. The number of ketones is 2. The minimum absolute atomic E-state index is 0.0820. The van der Waals surface area contributed by atoms with Crippen LogP contribution in [0.1, 0.15) is 20.8 Å². The van der Waals surface area contributed by atoms with Crippen molar-refractivity contribution in [3.05, 3.63) is 23.4 Å². The third kappa shape index (κ3) is 1.92. The number of rotatable bonds is 1. The second-order valence-electron chi connectivity index (χ2n) is 4.34. The first kappa shape index (κ1) is 10.7. The van der Waals surface area contributed by atoms with Crippen LogP contribution in [0.15, 0.2) is 23.4 Å². The van der Waals surface area contributed by atoms with E-state index in [-0.39, 0.29) is 17.0 Å². The summed E-state index contributed by atoms with van der Waals surface area (Å²) in [5, 5.41) is 2.70. The molecule has 0 aromatic heterocycles. The van der Waals surface area contributed by atoms with Gasteiger partial charge in [-0.3, -0.25) is 9.59 Å². The van der Waals surface area contributed by atoms with Gasteiger partial charge < -0.3 is 5.32 Å². The molecule has 0 bridgehead atoms. The van der Waals surface area contributed by atoms with Gasteiger partial charge in [0.2, 0.25) is 5.78 Å². The first-order chi connectivity index (χ1) is 6.36. The van der Waals surface area contributed by atoms with Gasteiger partial charge in [-0.05, 0) is 11.5 Å². The number of hydrogen-bond donors (Lipinski definition) is 1. The molecule has 0 aromatic rings. The Labute approximate surface area is 83.9 Å². The molecule has 0 atom stereocenters. The van der Waals surface area contributed by atoms with Crippen LogP contribution in [0.4, 0.5) is 0 Å². The second kappa shape index (κ2) is 3.40. The van der Waals surface area contributed by atoms with E-state index in [4.69, 9.17) is 0 Å². The van der Waals surface area contributed by atoms with Crippen molar-refractivity contribution < 1.29 is 9.59 Å². The zero-order valence-corrected chi connectivity index (χ0v) is 8.97. The maximum atomic E-state index is 11.6. The molecule has 1 aliphatic rings. The van der Waals surface area contributed by atoms with Crippen molar-refractivity contribution >= 4 is 11.6 Å². The first-order valence-electron chi connectivity index (χ1n) is 4.56. The van der Waals surface area contributed by atoms with Gasteiger partial charge in [0, 0.05) is 18.7 Å². The molecular formula is C11H15NO2. The van der Waals surface area contributed by atoms with E-state index in [2.05, 4.69) is 5.32 Å². The average molecular weight is 193 g/mol. The molecule has 1 rings (SSSR count). The monoisotopic (exact) mass is 193 g/mol. The minimum Gasteiger partial charge on any atom is -0.385 e. The Morgan fingerprint density at radius 1 is 1.07 bits per heavy atom. The van der Waals surface area contributed by atoms with Gasteiger partial charge in [-0.25, -0.2) is 0 Å². The lowest BCUT2D eigenvalue weighted by Crippen LogP contribution is -2.26. The van der Waals surface area contributed by atoms with E-state index < -0.39 is 0 Å². The van der Waals surface area contributed by atoms with Crippen molar-refractivity contribution in [2.45, 2.75) is 20.8 Å². The molecule has 0 saturated heterocycles. The fourth-order valence-corrected chi connectivity index (χ4v) is 1.34. The molecule has 1 N–H and O–H groups in total. The molecule has 0 radical (unpaired) electrons. The molecule has 76 valence electrons. The van der Waals surface area contributed by atoms with E-state index in [0.29, 0.717) is 11.3 Å². The Bertz CT molecular complexity index is 343. The molecule has 3 heteroatoms. The summed E-state index contributed by atoms with van der Waals surface area (Å²) in [5.41, 5.74) is 0.659.